The fourth-order valence-electron chi connectivity index (χ4n) is 3.38. The topological polar surface area (TPSA) is 60.8 Å². The van der Waals surface area contributed by atoms with E-state index in [4.69, 9.17) is 9.57 Å². The minimum atomic E-state index is -0.449. The third-order valence-electron chi connectivity index (χ3n) is 5.01. The minimum absolute atomic E-state index is 0.151. The van der Waals surface area contributed by atoms with Crippen molar-refractivity contribution in [1.29, 1.82) is 0 Å². The Labute approximate surface area is 146 Å². The lowest BCUT2D eigenvalue weighted by molar-refractivity contribution is -0.275. The molecular weight excluding hydrogens is 327 g/mol. The lowest BCUT2D eigenvalue weighted by Gasteiger charge is -2.32. The molecular formula is C18H25FN2O4. The summed E-state index contributed by atoms with van der Waals surface area (Å²) in [5.74, 6) is -0.606. The van der Waals surface area contributed by atoms with Crippen LogP contribution in [0.4, 0.5) is 4.39 Å². The first-order valence-corrected chi connectivity index (χ1v) is 9.03. The predicted molar refractivity (Wildman–Crippen MR) is 87.9 cm³/mol. The number of hydrogen-bond donors (Lipinski definition) is 0. The summed E-state index contributed by atoms with van der Waals surface area (Å²) in [6.45, 7) is 0.767. The van der Waals surface area contributed by atoms with E-state index in [1.807, 2.05) is 0 Å². The van der Waals surface area contributed by atoms with Crippen molar-refractivity contribution in [2.45, 2.75) is 51.2 Å². The van der Waals surface area contributed by atoms with Gasteiger partial charge < -0.3 is 4.74 Å². The first-order valence-electron chi connectivity index (χ1n) is 9.03. The maximum Gasteiger partial charge on any atom is 0.235 e. The second-order valence-corrected chi connectivity index (χ2v) is 6.91. The van der Waals surface area contributed by atoms with Gasteiger partial charge in [-0.2, -0.15) is 0 Å². The first-order chi connectivity index (χ1) is 12.2. The van der Waals surface area contributed by atoms with Crippen molar-refractivity contribution in [3.8, 4) is 0 Å². The van der Waals surface area contributed by atoms with Crippen LogP contribution in [-0.2, 0) is 14.4 Å². The molecule has 0 bridgehead atoms. The Balaban J connectivity index is 1.64. The highest BCUT2D eigenvalue weighted by atomic mass is 19.1. The van der Waals surface area contributed by atoms with Gasteiger partial charge in [0.25, 0.3) is 0 Å². The van der Waals surface area contributed by atoms with Crippen LogP contribution in [0.15, 0.2) is 18.5 Å². The van der Waals surface area contributed by atoms with Crippen LogP contribution in [0.5, 0.6) is 0 Å². The van der Waals surface area contributed by atoms with Crippen LogP contribution < -0.4 is 0 Å². The van der Waals surface area contributed by atoms with E-state index >= 15 is 0 Å². The van der Waals surface area contributed by atoms with Crippen LogP contribution in [0.25, 0.3) is 0 Å². The number of carbonyl (C=O) groups is 2. The fraction of sp³-hybridized carbons (Fsp3) is 0.667. The molecule has 1 saturated heterocycles. The number of nitrogens with zero attached hydrogens (tertiary/aromatic N) is 2. The van der Waals surface area contributed by atoms with Crippen molar-refractivity contribution in [2.24, 2.45) is 11.8 Å². The molecule has 1 aliphatic heterocycles. The molecule has 3 rings (SSSR count). The molecule has 1 aromatic heterocycles. The standard InChI is InChI=1S/C18H25FN2O4/c19-16-7-8-20(12-16)18(23)15(10-14-4-3-5-14)11-21(13-22)25-17-6-1-2-9-24-17/h7-8,12-15,17H,1-6,9-11H2. The van der Waals surface area contributed by atoms with Crippen molar-refractivity contribution < 1.29 is 23.6 Å². The van der Waals surface area contributed by atoms with Crippen molar-refractivity contribution in [2.75, 3.05) is 13.2 Å². The van der Waals surface area contributed by atoms with E-state index in [0.717, 1.165) is 37.2 Å². The number of aromatic nitrogens is 1. The lowest BCUT2D eigenvalue weighted by atomic mass is 9.78. The molecule has 0 N–H and O–H groups in total. The monoisotopic (exact) mass is 352 g/mol. The zero-order valence-electron chi connectivity index (χ0n) is 14.3. The summed E-state index contributed by atoms with van der Waals surface area (Å²) in [7, 11) is 0. The molecule has 1 amide bonds. The minimum Gasteiger partial charge on any atom is -0.350 e. The Hall–Kier alpha value is -1.73. The second-order valence-electron chi connectivity index (χ2n) is 6.91. The van der Waals surface area contributed by atoms with Crippen LogP contribution >= 0.6 is 0 Å². The van der Waals surface area contributed by atoms with Gasteiger partial charge in [0.1, 0.15) is 5.82 Å². The maximum atomic E-state index is 13.2. The van der Waals surface area contributed by atoms with Gasteiger partial charge in [-0.05, 0) is 31.2 Å². The number of hydrogen-bond acceptors (Lipinski definition) is 4. The van der Waals surface area contributed by atoms with E-state index in [1.165, 1.54) is 29.4 Å². The summed E-state index contributed by atoms with van der Waals surface area (Å²) < 4.78 is 20.0. The van der Waals surface area contributed by atoms with Crippen LogP contribution in [0, 0.1) is 17.7 Å². The van der Waals surface area contributed by atoms with Crippen LogP contribution in [0.2, 0.25) is 0 Å². The van der Waals surface area contributed by atoms with E-state index in [1.54, 1.807) is 0 Å². The van der Waals surface area contributed by atoms with Gasteiger partial charge in [-0.25, -0.2) is 14.3 Å². The van der Waals surface area contributed by atoms with Crippen molar-refractivity contribution >= 4 is 12.3 Å². The van der Waals surface area contributed by atoms with Crippen LogP contribution in [-0.4, -0.2) is 41.4 Å². The molecule has 2 unspecified atom stereocenters. The van der Waals surface area contributed by atoms with E-state index in [9.17, 15) is 14.0 Å². The molecule has 2 fully saturated rings. The van der Waals surface area contributed by atoms with Crippen molar-refractivity contribution in [3.05, 3.63) is 24.3 Å². The molecule has 1 aromatic rings. The zero-order chi connectivity index (χ0) is 17.6. The Morgan fingerprint density at radius 1 is 1.40 bits per heavy atom. The quantitative estimate of drug-likeness (QED) is 0.533. The van der Waals surface area contributed by atoms with Gasteiger partial charge in [0.05, 0.1) is 12.5 Å². The molecule has 0 radical (unpaired) electrons. The Morgan fingerprint density at radius 2 is 2.24 bits per heavy atom. The SMILES string of the molecule is O=CN(CC(CC1CCC1)C(=O)n1ccc(F)c1)OC1CCCCO1. The number of carbonyl (C=O) groups excluding carboxylic acids is 2. The van der Waals surface area contributed by atoms with Gasteiger partial charge in [0.15, 0.2) is 6.29 Å². The summed E-state index contributed by atoms with van der Waals surface area (Å²) in [6, 6.07) is 1.25. The van der Waals surface area contributed by atoms with Gasteiger partial charge in [-0.1, -0.05) is 19.3 Å². The largest absolute Gasteiger partial charge is 0.350 e. The van der Waals surface area contributed by atoms with E-state index in [0.29, 0.717) is 25.4 Å². The summed E-state index contributed by atoms with van der Waals surface area (Å²) in [5, 5.41) is 1.16. The third kappa shape index (κ3) is 4.89. The first kappa shape index (κ1) is 18.1. The van der Waals surface area contributed by atoms with Gasteiger partial charge in [0, 0.05) is 25.4 Å². The van der Waals surface area contributed by atoms with Crippen LogP contribution in [0.3, 0.4) is 0 Å². The molecule has 138 valence electrons. The second kappa shape index (κ2) is 8.58. The summed E-state index contributed by atoms with van der Waals surface area (Å²) in [6.07, 6.45) is 9.49. The number of halogens is 1. The Morgan fingerprint density at radius 3 is 2.80 bits per heavy atom. The molecule has 2 heterocycles. The fourth-order valence-corrected chi connectivity index (χ4v) is 3.38. The molecule has 2 atom stereocenters. The molecule has 25 heavy (non-hydrogen) atoms. The van der Waals surface area contributed by atoms with Gasteiger partial charge in [0.2, 0.25) is 12.3 Å². The number of ether oxygens (including phenoxy) is 1. The molecule has 1 saturated carbocycles. The van der Waals surface area contributed by atoms with Gasteiger partial charge >= 0.3 is 0 Å². The Bertz CT molecular complexity index is 581. The van der Waals surface area contributed by atoms with E-state index in [-0.39, 0.29) is 12.5 Å². The van der Waals surface area contributed by atoms with E-state index in [2.05, 4.69) is 0 Å². The lowest BCUT2D eigenvalue weighted by Crippen LogP contribution is -2.39. The smallest absolute Gasteiger partial charge is 0.235 e. The van der Waals surface area contributed by atoms with Crippen molar-refractivity contribution in [1.82, 2.24) is 9.63 Å². The summed E-state index contributed by atoms with van der Waals surface area (Å²) in [5.41, 5.74) is 0. The van der Waals surface area contributed by atoms with Crippen LogP contribution in [0.1, 0.15) is 49.7 Å². The Kier molecular flexibility index (Phi) is 6.20. The van der Waals surface area contributed by atoms with E-state index < -0.39 is 18.0 Å². The number of rotatable bonds is 8. The molecule has 0 aromatic carbocycles. The highest BCUT2D eigenvalue weighted by Gasteiger charge is 2.30. The summed E-state index contributed by atoms with van der Waals surface area (Å²) in [4.78, 5) is 29.8. The normalized spacial score (nSPS) is 22.2. The number of hydroxylamine groups is 2. The molecule has 1 aliphatic carbocycles. The van der Waals surface area contributed by atoms with Gasteiger partial charge in [-0.15, -0.1) is 0 Å². The predicted octanol–water partition coefficient (Wildman–Crippen LogP) is 2.99. The van der Waals surface area contributed by atoms with Gasteiger partial charge in [-0.3, -0.25) is 14.2 Å². The average Bonchev–Trinajstić information content (AvgIpc) is 3.02. The summed E-state index contributed by atoms with van der Waals surface area (Å²) >= 11 is 0. The molecule has 7 heteroatoms. The zero-order valence-corrected chi connectivity index (χ0v) is 14.3. The average molecular weight is 352 g/mol. The molecule has 2 aliphatic rings. The highest BCUT2D eigenvalue weighted by Crippen LogP contribution is 2.33. The maximum absolute atomic E-state index is 13.2. The third-order valence-corrected chi connectivity index (χ3v) is 5.01. The highest BCUT2D eigenvalue weighted by molar-refractivity contribution is 5.81. The number of amides is 1. The molecule has 0 spiro atoms. The van der Waals surface area contributed by atoms with Crippen molar-refractivity contribution in [3.63, 3.8) is 0 Å². The molecule has 6 nitrogen and oxygen atoms in total.